The van der Waals surface area contributed by atoms with E-state index in [2.05, 4.69) is 22.0 Å². The number of carbonyl (C=O) groups is 4. The molecule has 51 heavy (non-hydrogen) atoms. The summed E-state index contributed by atoms with van der Waals surface area (Å²) in [6, 6.07) is 9.68. The summed E-state index contributed by atoms with van der Waals surface area (Å²) in [5, 5.41) is 0. The van der Waals surface area contributed by atoms with Crippen LogP contribution in [0.15, 0.2) is 65.9 Å². The number of fused-ring (bicyclic) bond motifs is 2. The molecule has 1 saturated heterocycles. The number of ether oxygens (including phenoxy) is 3. The van der Waals surface area contributed by atoms with Gasteiger partial charge in [-0.2, -0.15) is 0 Å². The number of anilines is 2. The Morgan fingerprint density at radius 3 is 2.49 bits per heavy atom. The van der Waals surface area contributed by atoms with Crippen molar-refractivity contribution in [3.8, 4) is 0 Å². The Kier molecular flexibility index (Phi) is 11.7. The first-order valence-corrected chi connectivity index (χ1v) is 17.5. The van der Waals surface area contributed by atoms with Crippen LogP contribution in [0.3, 0.4) is 0 Å². The molecule has 6 rings (SSSR count). The van der Waals surface area contributed by atoms with Crippen LogP contribution in [0.4, 0.5) is 11.4 Å². The zero-order valence-electron chi connectivity index (χ0n) is 28.8. The highest BCUT2D eigenvalue weighted by Crippen LogP contribution is 2.32. The van der Waals surface area contributed by atoms with E-state index in [1.165, 1.54) is 27.3 Å². The highest BCUT2D eigenvalue weighted by Gasteiger charge is 2.35. The van der Waals surface area contributed by atoms with Gasteiger partial charge in [-0.25, -0.2) is 0 Å². The highest BCUT2D eigenvalue weighted by molar-refractivity contribution is 6.21. The van der Waals surface area contributed by atoms with E-state index >= 15 is 0 Å². The number of amides is 3. The van der Waals surface area contributed by atoms with E-state index in [-0.39, 0.29) is 81.9 Å². The lowest BCUT2D eigenvalue weighted by Gasteiger charge is -2.37. The molecule has 3 aromatic rings. The summed E-state index contributed by atoms with van der Waals surface area (Å²) in [6.45, 7) is 4.08. The van der Waals surface area contributed by atoms with Gasteiger partial charge in [0.05, 0.1) is 74.2 Å². The predicted octanol–water partition coefficient (Wildman–Crippen LogP) is 3.34. The van der Waals surface area contributed by atoms with Gasteiger partial charge in [0.2, 0.25) is 5.91 Å². The molecule has 1 aliphatic carbocycles. The van der Waals surface area contributed by atoms with Gasteiger partial charge in [-0.3, -0.25) is 33.9 Å². The van der Waals surface area contributed by atoms with Crippen molar-refractivity contribution < 1.29 is 33.4 Å². The van der Waals surface area contributed by atoms with Crippen molar-refractivity contribution in [2.75, 3.05) is 69.0 Å². The third-order valence-electron chi connectivity index (χ3n) is 9.34. The van der Waals surface area contributed by atoms with Crippen LogP contribution >= 0.6 is 0 Å². The molecule has 2 aliphatic heterocycles. The minimum atomic E-state index is -0.544. The summed E-state index contributed by atoms with van der Waals surface area (Å²) in [4.78, 5) is 73.9. The number of pyridine rings is 2. The summed E-state index contributed by atoms with van der Waals surface area (Å²) in [6.07, 6.45) is 13.1. The maximum Gasteiger partial charge on any atom is 0.326 e. The molecular formula is C38H43N5O8. The lowest BCUT2D eigenvalue weighted by Crippen LogP contribution is -2.46. The maximum atomic E-state index is 14.3. The number of rotatable bonds is 15. The number of imide groups is 1. The Hall–Kier alpha value is -5.14. The second-order valence-electron chi connectivity index (χ2n) is 12.6. The molecule has 0 N–H and O–H groups in total. The van der Waals surface area contributed by atoms with Crippen molar-refractivity contribution in [1.82, 2.24) is 14.5 Å². The zero-order chi connectivity index (χ0) is 35.7. The maximum absolute atomic E-state index is 14.3. The second-order valence-corrected chi connectivity index (χ2v) is 12.6. The molecule has 1 aromatic carbocycles. The molecule has 0 spiro atoms. The highest BCUT2D eigenvalue weighted by atomic mass is 16.5. The first-order valence-electron chi connectivity index (χ1n) is 17.5. The van der Waals surface area contributed by atoms with Crippen LogP contribution in [-0.2, 0) is 36.8 Å². The number of benzene rings is 1. The molecule has 3 aliphatic rings. The monoisotopic (exact) mass is 697 g/mol. The number of esters is 1. The van der Waals surface area contributed by atoms with E-state index in [0.717, 1.165) is 37.1 Å². The predicted molar refractivity (Wildman–Crippen MR) is 190 cm³/mol. The van der Waals surface area contributed by atoms with Crippen molar-refractivity contribution in [2.24, 2.45) is 5.92 Å². The summed E-state index contributed by atoms with van der Waals surface area (Å²) < 4.78 is 17.8. The van der Waals surface area contributed by atoms with E-state index in [4.69, 9.17) is 14.2 Å². The summed E-state index contributed by atoms with van der Waals surface area (Å²) in [5.74, 6) is -1.62. The van der Waals surface area contributed by atoms with Crippen LogP contribution in [0.5, 0.6) is 0 Å². The van der Waals surface area contributed by atoms with Crippen LogP contribution in [0.1, 0.15) is 58.0 Å². The molecule has 0 saturated carbocycles. The molecule has 1 atom stereocenters. The Morgan fingerprint density at radius 2 is 1.73 bits per heavy atom. The normalized spacial score (nSPS) is 16.6. The van der Waals surface area contributed by atoms with Gasteiger partial charge < -0.3 is 28.6 Å². The largest absolute Gasteiger partial charge is 0.465 e. The molecule has 0 radical (unpaired) electrons. The Balaban J connectivity index is 1.08. The number of hydrogen-bond donors (Lipinski definition) is 0. The number of carbonyl (C=O) groups excluding carboxylic acids is 4. The van der Waals surface area contributed by atoms with Gasteiger partial charge in [0.1, 0.15) is 6.54 Å². The molecule has 2 aromatic heterocycles. The van der Waals surface area contributed by atoms with Crippen molar-refractivity contribution in [3.63, 3.8) is 0 Å². The van der Waals surface area contributed by atoms with E-state index in [0.29, 0.717) is 29.8 Å². The number of nitrogens with zero attached hydrogens (tertiary/aromatic N) is 5. The first-order chi connectivity index (χ1) is 24.9. The summed E-state index contributed by atoms with van der Waals surface area (Å²) in [7, 11) is 0. The van der Waals surface area contributed by atoms with Gasteiger partial charge in [0.25, 0.3) is 17.4 Å². The molecule has 0 bridgehead atoms. The molecule has 4 heterocycles. The van der Waals surface area contributed by atoms with Gasteiger partial charge in [-0.05, 0) is 56.4 Å². The van der Waals surface area contributed by atoms with Crippen LogP contribution in [-0.4, -0.2) is 97.4 Å². The quantitative estimate of drug-likeness (QED) is 0.132. The second kappa shape index (κ2) is 16.7. The zero-order valence-corrected chi connectivity index (χ0v) is 28.8. The molecule has 1 fully saturated rings. The average Bonchev–Trinajstić information content (AvgIpc) is 3.39. The number of aromatic nitrogens is 2. The van der Waals surface area contributed by atoms with Gasteiger partial charge in [-0.15, -0.1) is 0 Å². The molecule has 13 nitrogen and oxygen atoms in total. The van der Waals surface area contributed by atoms with Crippen molar-refractivity contribution in [1.29, 1.82) is 0 Å². The van der Waals surface area contributed by atoms with Gasteiger partial charge >= 0.3 is 5.97 Å². The van der Waals surface area contributed by atoms with Crippen LogP contribution < -0.4 is 15.4 Å². The fourth-order valence-corrected chi connectivity index (χ4v) is 6.79. The Morgan fingerprint density at radius 1 is 0.961 bits per heavy atom. The van der Waals surface area contributed by atoms with Crippen LogP contribution in [0, 0.1) is 5.92 Å². The molecular weight excluding hydrogens is 654 g/mol. The van der Waals surface area contributed by atoms with Crippen molar-refractivity contribution >= 4 is 41.1 Å². The Labute approximate surface area is 296 Å². The van der Waals surface area contributed by atoms with E-state index in [1.54, 1.807) is 42.2 Å². The molecule has 13 heteroatoms. The van der Waals surface area contributed by atoms with Gasteiger partial charge in [0.15, 0.2) is 0 Å². The lowest BCUT2D eigenvalue weighted by atomic mass is 9.93. The number of hydrogen-bond acceptors (Lipinski definition) is 10. The van der Waals surface area contributed by atoms with E-state index in [9.17, 15) is 24.0 Å². The molecule has 0 unspecified atom stereocenters. The molecule has 268 valence electrons. The van der Waals surface area contributed by atoms with Crippen LogP contribution in [0.2, 0.25) is 0 Å². The van der Waals surface area contributed by atoms with E-state index < -0.39 is 5.97 Å². The number of piperidine rings is 1. The third-order valence-corrected chi connectivity index (χ3v) is 9.34. The molecule has 3 amide bonds. The topological polar surface area (TPSA) is 141 Å². The third kappa shape index (κ3) is 8.26. The number of allylic oxidation sites excluding steroid dienone is 1. The average molecular weight is 698 g/mol. The van der Waals surface area contributed by atoms with Crippen LogP contribution in [0.25, 0.3) is 6.08 Å². The van der Waals surface area contributed by atoms with Crippen molar-refractivity contribution in [2.45, 2.75) is 39.2 Å². The van der Waals surface area contributed by atoms with Crippen molar-refractivity contribution in [3.05, 3.63) is 93.7 Å². The fourth-order valence-electron chi connectivity index (χ4n) is 6.79. The number of aryl methyl sites for hydroxylation is 1. The first kappa shape index (κ1) is 35.7. The summed E-state index contributed by atoms with van der Waals surface area (Å²) in [5.41, 5.74) is 4.29. The summed E-state index contributed by atoms with van der Waals surface area (Å²) >= 11 is 0. The van der Waals surface area contributed by atoms with E-state index in [1.807, 2.05) is 12.4 Å². The van der Waals surface area contributed by atoms with Gasteiger partial charge in [-0.1, -0.05) is 24.3 Å². The Bertz CT molecular complexity index is 1820. The fraction of sp³-hybridized carbons (Fsp3) is 0.421. The lowest BCUT2D eigenvalue weighted by molar-refractivity contribution is -0.143. The minimum absolute atomic E-state index is 0.102. The smallest absolute Gasteiger partial charge is 0.326 e. The van der Waals surface area contributed by atoms with Gasteiger partial charge in [0, 0.05) is 43.7 Å². The SMILES string of the molecule is CCOC(=O)Cn1cc(N(CCOCCOCCN2C(=O)c3ccccc3C2=O)C(=O)[C@H]2CCCN(c3cncc4c3C=CCC4)C2)ccc1=O. The standard InChI is InChI=1S/C38H43N5O8/c1-2-51-35(45)26-41-25-29(13-14-34(41)44)42(16-18-49-20-21-50-19-17-43-37(47)31-11-5-6-12-32(31)38(43)48)36(46)28-9-7-15-40(24-28)33-23-39-22-27-8-3-4-10-30(27)33/h4-6,10-14,22-23,25,28H,2-3,7-9,15-21,24,26H2,1H3/t28-/m0/s1. The minimum Gasteiger partial charge on any atom is -0.465 e.